The molecule has 0 bridgehead atoms. The van der Waals surface area contributed by atoms with Crippen molar-refractivity contribution in [1.29, 1.82) is 0 Å². The van der Waals surface area contributed by atoms with Crippen LogP contribution in [0.2, 0.25) is 0 Å². The zero-order valence-electron chi connectivity index (χ0n) is 17.3. The second-order valence-electron chi connectivity index (χ2n) is 7.55. The average Bonchev–Trinajstić information content (AvgIpc) is 3.12. The van der Waals surface area contributed by atoms with Crippen molar-refractivity contribution >= 4 is 15.9 Å². The highest BCUT2D eigenvalue weighted by molar-refractivity contribution is 9.09. The lowest BCUT2D eigenvalue weighted by atomic mass is 10.1. The number of hydrogen-bond acceptors (Lipinski definition) is 4. The van der Waals surface area contributed by atoms with Crippen LogP contribution in [0.1, 0.15) is 16.7 Å². The summed E-state index contributed by atoms with van der Waals surface area (Å²) in [6.45, 7) is 1.96. The van der Waals surface area contributed by atoms with Crippen LogP contribution in [0.5, 0.6) is 0 Å². The number of hydrogen-bond donors (Lipinski definition) is 0. The van der Waals surface area contributed by atoms with Crippen molar-refractivity contribution in [3.63, 3.8) is 0 Å². The quantitative estimate of drug-likeness (QED) is 0.357. The van der Waals surface area contributed by atoms with Crippen LogP contribution in [0, 0.1) is 0 Å². The van der Waals surface area contributed by atoms with E-state index in [0.29, 0.717) is 26.4 Å². The van der Waals surface area contributed by atoms with Crippen LogP contribution in [0.25, 0.3) is 0 Å². The molecule has 0 spiro atoms. The first-order valence-corrected chi connectivity index (χ1v) is 11.4. The second kappa shape index (κ2) is 11.6. The molecule has 0 radical (unpaired) electrons. The number of rotatable bonds is 10. The molecule has 1 aliphatic rings. The molecule has 0 N–H and O–H groups in total. The minimum atomic E-state index is -0.262. The number of alkyl halides is 1. The lowest BCUT2D eigenvalue weighted by molar-refractivity contribution is -0.0895. The van der Waals surface area contributed by atoms with Gasteiger partial charge in [-0.15, -0.1) is 0 Å². The summed E-state index contributed by atoms with van der Waals surface area (Å²) in [5, 5.41) is -0.262. The standard InChI is InChI=1S/C26H27BrO4/c27-26-25(30-18-22-14-8-3-9-15-22)24(29-17-21-12-6-2-7-13-21)23(31-26)19-28-16-20-10-4-1-5-11-20/h1-15,23-26H,16-19H2/t23-,24+,25-,26-/m1/s1. The Labute approximate surface area is 192 Å². The highest BCUT2D eigenvalue weighted by atomic mass is 79.9. The summed E-state index contributed by atoms with van der Waals surface area (Å²) < 4.78 is 24.7. The van der Waals surface area contributed by atoms with E-state index in [1.807, 2.05) is 54.6 Å². The Balaban J connectivity index is 1.39. The predicted molar refractivity (Wildman–Crippen MR) is 124 cm³/mol. The zero-order valence-corrected chi connectivity index (χ0v) is 18.9. The minimum absolute atomic E-state index is 0.224. The molecule has 1 fully saturated rings. The Hall–Kier alpha value is -2.02. The SMILES string of the molecule is Br[C@@H]1O[C@H](COCc2ccccc2)[C@H](OCc2ccccc2)[C@H]1OCc1ccccc1. The van der Waals surface area contributed by atoms with E-state index in [-0.39, 0.29) is 23.3 Å². The monoisotopic (exact) mass is 482 g/mol. The smallest absolute Gasteiger partial charge is 0.141 e. The number of halogens is 1. The fourth-order valence-corrected chi connectivity index (χ4v) is 4.32. The van der Waals surface area contributed by atoms with E-state index in [1.54, 1.807) is 0 Å². The first-order valence-electron chi connectivity index (χ1n) is 10.5. The van der Waals surface area contributed by atoms with Crippen LogP contribution in [-0.4, -0.2) is 29.9 Å². The maximum Gasteiger partial charge on any atom is 0.141 e. The molecule has 0 saturated carbocycles. The molecule has 4 atom stereocenters. The van der Waals surface area contributed by atoms with Crippen LogP contribution in [0.4, 0.5) is 0 Å². The third kappa shape index (κ3) is 6.48. The van der Waals surface area contributed by atoms with Crippen molar-refractivity contribution in [2.75, 3.05) is 6.61 Å². The van der Waals surface area contributed by atoms with Gasteiger partial charge in [-0.1, -0.05) is 107 Å². The van der Waals surface area contributed by atoms with Crippen molar-refractivity contribution in [2.45, 2.75) is 43.1 Å². The molecule has 162 valence electrons. The normalized spacial score (nSPS) is 23.1. The molecular weight excluding hydrogens is 456 g/mol. The Morgan fingerprint density at radius 1 is 0.613 bits per heavy atom. The van der Waals surface area contributed by atoms with E-state index in [0.717, 1.165) is 16.7 Å². The lowest BCUT2D eigenvalue weighted by Crippen LogP contribution is -2.38. The predicted octanol–water partition coefficient (Wildman–Crippen LogP) is 5.49. The number of ether oxygens (including phenoxy) is 4. The molecule has 5 heteroatoms. The van der Waals surface area contributed by atoms with Gasteiger partial charge in [0, 0.05) is 0 Å². The van der Waals surface area contributed by atoms with Gasteiger partial charge >= 0.3 is 0 Å². The summed E-state index contributed by atoms with van der Waals surface area (Å²) >= 11 is 3.64. The van der Waals surface area contributed by atoms with Gasteiger partial charge in [-0.05, 0) is 16.7 Å². The minimum Gasteiger partial charge on any atom is -0.374 e. The van der Waals surface area contributed by atoms with E-state index in [2.05, 4.69) is 52.3 Å². The van der Waals surface area contributed by atoms with Gasteiger partial charge in [0.2, 0.25) is 0 Å². The molecule has 1 aliphatic heterocycles. The van der Waals surface area contributed by atoms with Gasteiger partial charge in [0.15, 0.2) is 0 Å². The van der Waals surface area contributed by atoms with Crippen molar-refractivity contribution in [1.82, 2.24) is 0 Å². The molecule has 3 aromatic carbocycles. The molecular formula is C26H27BrO4. The highest BCUT2D eigenvalue weighted by Gasteiger charge is 2.45. The fourth-order valence-electron chi connectivity index (χ4n) is 3.59. The molecule has 1 saturated heterocycles. The van der Waals surface area contributed by atoms with E-state index < -0.39 is 0 Å². The average molecular weight is 483 g/mol. The van der Waals surface area contributed by atoms with Crippen LogP contribution in [0.15, 0.2) is 91.0 Å². The Morgan fingerprint density at radius 2 is 1.06 bits per heavy atom. The molecule has 3 aromatic rings. The van der Waals surface area contributed by atoms with Crippen molar-refractivity contribution in [2.24, 2.45) is 0 Å². The van der Waals surface area contributed by atoms with Gasteiger partial charge < -0.3 is 18.9 Å². The summed E-state index contributed by atoms with van der Waals surface area (Å²) in [7, 11) is 0. The summed E-state index contributed by atoms with van der Waals surface area (Å²) in [5.41, 5.74) is 3.37. The Kier molecular flexibility index (Phi) is 8.27. The molecule has 1 heterocycles. The van der Waals surface area contributed by atoms with E-state index in [1.165, 1.54) is 0 Å². The second-order valence-corrected chi connectivity index (χ2v) is 8.45. The third-order valence-electron chi connectivity index (χ3n) is 5.22. The van der Waals surface area contributed by atoms with Gasteiger partial charge in [0.1, 0.15) is 23.3 Å². The lowest BCUT2D eigenvalue weighted by Gasteiger charge is -2.24. The molecule has 31 heavy (non-hydrogen) atoms. The molecule has 4 rings (SSSR count). The molecule has 0 amide bonds. The van der Waals surface area contributed by atoms with Crippen LogP contribution in [0.3, 0.4) is 0 Å². The highest BCUT2D eigenvalue weighted by Crippen LogP contribution is 2.32. The summed E-state index contributed by atoms with van der Waals surface area (Å²) in [4.78, 5) is 0. The largest absolute Gasteiger partial charge is 0.374 e. The maximum atomic E-state index is 6.32. The van der Waals surface area contributed by atoms with E-state index in [9.17, 15) is 0 Å². The Morgan fingerprint density at radius 3 is 1.58 bits per heavy atom. The van der Waals surface area contributed by atoms with E-state index >= 15 is 0 Å². The Bertz CT molecular complexity index is 891. The van der Waals surface area contributed by atoms with Crippen molar-refractivity contribution in [3.05, 3.63) is 108 Å². The zero-order chi connectivity index (χ0) is 21.3. The van der Waals surface area contributed by atoms with Crippen LogP contribution < -0.4 is 0 Å². The van der Waals surface area contributed by atoms with Gasteiger partial charge in [-0.25, -0.2) is 0 Å². The molecule has 4 nitrogen and oxygen atoms in total. The molecule has 0 unspecified atom stereocenters. The topological polar surface area (TPSA) is 36.9 Å². The fraction of sp³-hybridized carbons (Fsp3) is 0.308. The first-order chi connectivity index (χ1) is 15.3. The van der Waals surface area contributed by atoms with E-state index in [4.69, 9.17) is 18.9 Å². The van der Waals surface area contributed by atoms with Gasteiger partial charge in [0.05, 0.1) is 26.4 Å². The molecule has 0 aliphatic carbocycles. The maximum absolute atomic E-state index is 6.32. The van der Waals surface area contributed by atoms with Crippen molar-refractivity contribution in [3.8, 4) is 0 Å². The summed E-state index contributed by atoms with van der Waals surface area (Å²) in [6, 6.07) is 30.4. The van der Waals surface area contributed by atoms with Crippen LogP contribution in [-0.2, 0) is 38.8 Å². The molecule has 0 aromatic heterocycles. The van der Waals surface area contributed by atoms with Gasteiger partial charge in [-0.3, -0.25) is 0 Å². The van der Waals surface area contributed by atoms with Crippen molar-refractivity contribution < 1.29 is 18.9 Å². The van der Waals surface area contributed by atoms with Gasteiger partial charge in [0.25, 0.3) is 0 Å². The third-order valence-corrected chi connectivity index (χ3v) is 5.95. The van der Waals surface area contributed by atoms with Gasteiger partial charge in [-0.2, -0.15) is 0 Å². The summed E-state index contributed by atoms with van der Waals surface area (Å²) in [5.74, 6) is 0. The van der Waals surface area contributed by atoms with Crippen LogP contribution >= 0.6 is 15.9 Å². The first kappa shape index (κ1) is 22.2. The number of benzene rings is 3. The summed E-state index contributed by atoms with van der Waals surface area (Å²) in [6.07, 6.45) is -0.712.